The molecule has 0 radical (unpaired) electrons. The van der Waals surface area contributed by atoms with Crippen LogP contribution < -0.4 is 4.74 Å². The second-order valence-corrected chi connectivity index (χ2v) is 7.82. The molecule has 0 N–H and O–H groups in total. The number of aryl methyl sites for hydroxylation is 1. The summed E-state index contributed by atoms with van der Waals surface area (Å²) in [7, 11) is 1.62. The average molecular weight is 431 g/mol. The van der Waals surface area contributed by atoms with Gasteiger partial charge in [-0.3, -0.25) is 4.79 Å². The van der Waals surface area contributed by atoms with Crippen molar-refractivity contribution in [3.05, 3.63) is 59.9 Å². The van der Waals surface area contributed by atoms with E-state index in [0.717, 1.165) is 36.3 Å². The SMILES string of the molecule is COc1cccc(CCC(=O)N2CCC(n3cnc4cc(C(F)(F)F)ccc43)CC2)c1. The highest BCUT2D eigenvalue weighted by Gasteiger charge is 2.31. The third-order valence-electron chi connectivity index (χ3n) is 5.87. The normalized spacial score (nSPS) is 15.4. The quantitative estimate of drug-likeness (QED) is 0.580. The van der Waals surface area contributed by atoms with Crippen LogP contribution in [0.5, 0.6) is 5.75 Å². The smallest absolute Gasteiger partial charge is 0.416 e. The topological polar surface area (TPSA) is 47.4 Å². The Balaban J connectivity index is 1.35. The highest BCUT2D eigenvalue weighted by atomic mass is 19.4. The molecule has 1 aliphatic heterocycles. The van der Waals surface area contributed by atoms with Gasteiger partial charge in [-0.05, 0) is 55.2 Å². The summed E-state index contributed by atoms with van der Waals surface area (Å²) >= 11 is 0. The zero-order chi connectivity index (χ0) is 22.0. The van der Waals surface area contributed by atoms with Gasteiger partial charge in [0.15, 0.2) is 0 Å². The second-order valence-electron chi connectivity index (χ2n) is 7.82. The number of fused-ring (bicyclic) bond motifs is 1. The van der Waals surface area contributed by atoms with Crippen molar-refractivity contribution < 1.29 is 22.7 Å². The van der Waals surface area contributed by atoms with E-state index in [-0.39, 0.29) is 11.9 Å². The number of benzene rings is 2. The van der Waals surface area contributed by atoms with E-state index in [0.29, 0.717) is 37.0 Å². The first-order valence-corrected chi connectivity index (χ1v) is 10.3. The standard InChI is InChI=1S/C23H24F3N3O2/c1-31-19-4-2-3-16(13-19)5-8-22(30)28-11-9-18(10-12-28)29-15-27-20-14-17(23(24,25)26)6-7-21(20)29/h2-4,6-7,13-15,18H,5,8-12H2,1H3. The monoisotopic (exact) mass is 431 g/mol. The molecule has 0 spiro atoms. The lowest BCUT2D eigenvalue weighted by Crippen LogP contribution is -2.39. The van der Waals surface area contributed by atoms with Gasteiger partial charge in [-0.1, -0.05) is 12.1 Å². The number of rotatable bonds is 5. The molecule has 164 valence electrons. The number of hydrogen-bond donors (Lipinski definition) is 0. The fourth-order valence-corrected chi connectivity index (χ4v) is 4.13. The minimum absolute atomic E-state index is 0.115. The van der Waals surface area contributed by atoms with Gasteiger partial charge in [-0.25, -0.2) is 4.98 Å². The number of piperidine rings is 1. The maximum atomic E-state index is 12.9. The molecule has 1 fully saturated rings. The van der Waals surface area contributed by atoms with Gasteiger partial charge < -0.3 is 14.2 Å². The number of nitrogens with zero attached hydrogens (tertiary/aromatic N) is 3. The van der Waals surface area contributed by atoms with Crippen LogP contribution in [0.4, 0.5) is 13.2 Å². The van der Waals surface area contributed by atoms with Crippen molar-refractivity contribution >= 4 is 16.9 Å². The molecule has 2 heterocycles. The van der Waals surface area contributed by atoms with Gasteiger partial charge in [0.05, 0.1) is 30.0 Å². The van der Waals surface area contributed by atoms with E-state index >= 15 is 0 Å². The van der Waals surface area contributed by atoms with Crippen molar-refractivity contribution in [3.63, 3.8) is 0 Å². The highest BCUT2D eigenvalue weighted by Crippen LogP contribution is 2.33. The average Bonchev–Trinajstić information content (AvgIpc) is 3.20. The fraction of sp³-hybridized carbons (Fsp3) is 0.391. The number of ether oxygens (including phenoxy) is 1. The number of amides is 1. The number of imidazole rings is 1. The summed E-state index contributed by atoms with van der Waals surface area (Å²) in [5.74, 6) is 0.896. The van der Waals surface area contributed by atoms with Crippen LogP contribution in [0, 0.1) is 0 Å². The lowest BCUT2D eigenvalue weighted by atomic mass is 10.0. The lowest BCUT2D eigenvalue weighted by Gasteiger charge is -2.33. The number of likely N-dealkylation sites (tertiary alicyclic amines) is 1. The van der Waals surface area contributed by atoms with Crippen LogP contribution in [0.1, 0.15) is 36.4 Å². The Kier molecular flexibility index (Phi) is 5.89. The molecule has 0 unspecified atom stereocenters. The van der Waals surface area contributed by atoms with Crippen LogP contribution >= 0.6 is 0 Å². The van der Waals surface area contributed by atoms with Crippen LogP contribution in [0.25, 0.3) is 11.0 Å². The Morgan fingerprint density at radius 3 is 2.65 bits per heavy atom. The van der Waals surface area contributed by atoms with E-state index in [4.69, 9.17) is 4.74 Å². The maximum absolute atomic E-state index is 12.9. The second kappa shape index (κ2) is 8.61. The molecule has 1 amide bonds. The van der Waals surface area contributed by atoms with Gasteiger partial charge in [0.1, 0.15) is 5.75 Å². The molecule has 8 heteroatoms. The molecular formula is C23H24F3N3O2. The fourth-order valence-electron chi connectivity index (χ4n) is 4.13. The molecule has 4 rings (SSSR count). The van der Waals surface area contributed by atoms with Crippen LogP contribution in [0.3, 0.4) is 0 Å². The maximum Gasteiger partial charge on any atom is 0.416 e. The summed E-state index contributed by atoms with van der Waals surface area (Å²) in [6.07, 6.45) is -0.186. The van der Waals surface area contributed by atoms with E-state index in [2.05, 4.69) is 4.98 Å². The van der Waals surface area contributed by atoms with Gasteiger partial charge in [-0.2, -0.15) is 13.2 Å². The molecule has 0 atom stereocenters. The summed E-state index contributed by atoms with van der Waals surface area (Å²) < 4.78 is 45.9. The third kappa shape index (κ3) is 4.68. The first kappa shape index (κ1) is 21.2. The third-order valence-corrected chi connectivity index (χ3v) is 5.87. The van der Waals surface area contributed by atoms with Crippen LogP contribution in [-0.2, 0) is 17.4 Å². The predicted molar refractivity (Wildman–Crippen MR) is 111 cm³/mol. The Hall–Kier alpha value is -3.03. The number of halogens is 3. The Morgan fingerprint density at radius 2 is 1.94 bits per heavy atom. The first-order chi connectivity index (χ1) is 14.8. The molecule has 1 aromatic heterocycles. The number of methoxy groups -OCH3 is 1. The Bertz CT molecular complexity index is 1070. The van der Waals surface area contributed by atoms with Gasteiger partial charge in [0.25, 0.3) is 0 Å². The molecular weight excluding hydrogens is 407 g/mol. The molecule has 1 aliphatic rings. The molecule has 2 aromatic carbocycles. The minimum atomic E-state index is -4.38. The van der Waals surface area contributed by atoms with Crippen LogP contribution in [0.15, 0.2) is 48.8 Å². The van der Waals surface area contributed by atoms with Gasteiger partial charge in [-0.15, -0.1) is 0 Å². The minimum Gasteiger partial charge on any atom is -0.497 e. The molecule has 5 nitrogen and oxygen atoms in total. The summed E-state index contributed by atoms with van der Waals surface area (Å²) in [4.78, 5) is 18.7. The highest BCUT2D eigenvalue weighted by molar-refractivity contribution is 5.77. The number of carbonyl (C=O) groups is 1. The van der Waals surface area contributed by atoms with Crippen molar-refractivity contribution in [2.24, 2.45) is 0 Å². The first-order valence-electron chi connectivity index (χ1n) is 10.3. The summed E-state index contributed by atoms with van der Waals surface area (Å²) in [5, 5.41) is 0. The summed E-state index contributed by atoms with van der Waals surface area (Å²) in [5.41, 5.74) is 1.40. The van der Waals surface area contributed by atoms with E-state index < -0.39 is 11.7 Å². The molecule has 1 saturated heterocycles. The predicted octanol–water partition coefficient (Wildman–Crippen LogP) is 4.86. The molecule has 3 aromatic rings. The molecule has 31 heavy (non-hydrogen) atoms. The van der Waals surface area contributed by atoms with E-state index in [1.807, 2.05) is 33.7 Å². The van der Waals surface area contributed by atoms with Crippen molar-refractivity contribution in [1.29, 1.82) is 0 Å². The summed E-state index contributed by atoms with van der Waals surface area (Å²) in [6, 6.07) is 11.5. The molecule has 0 saturated carbocycles. The largest absolute Gasteiger partial charge is 0.497 e. The van der Waals surface area contributed by atoms with Gasteiger partial charge >= 0.3 is 6.18 Å². The summed E-state index contributed by atoms with van der Waals surface area (Å²) in [6.45, 7) is 1.25. The van der Waals surface area contributed by atoms with Gasteiger partial charge in [0.2, 0.25) is 5.91 Å². The van der Waals surface area contributed by atoms with Crippen molar-refractivity contribution in [2.45, 2.75) is 37.9 Å². The van der Waals surface area contributed by atoms with E-state index in [1.54, 1.807) is 13.4 Å². The lowest BCUT2D eigenvalue weighted by molar-refractivity contribution is -0.137. The molecule has 0 aliphatic carbocycles. The number of aromatic nitrogens is 2. The van der Waals surface area contributed by atoms with Crippen molar-refractivity contribution in [2.75, 3.05) is 20.2 Å². The van der Waals surface area contributed by atoms with E-state index in [9.17, 15) is 18.0 Å². The zero-order valence-corrected chi connectivity index (χ0v) is 17.2. The number of alkyl halides is 3. The Morgan fingerprint density at radius 1 is 1.16 bits per heavy atom. The van der Waals surface area contributed by atoms with Crippen molar-refractivity contribution in [1.82, 2.24) is 14.5 Å². The van der Waals surface area contributed by atoms with Gasteiger partial charge in [0, 0.05) is 25.6 Å². The number of hydrogen-bond acceptors (Lipinski definition) is 3. The Labute approximate surface area is 178 Å². The van der Waals surface area contributed by atoms with Crippen molar-refractivity contribution in [3.8, 4) is 5.75 Å². The van der Waals surface area contributed by atoms with Crippen LogP contribution in [0.2, 0.25) is 0 Å². The molecule has 0 bridgehead atoms. The van der Waals surface area contributed by atoms with Crippen LogP contribution in [-0.4, -0.2) is 40.6 Å². The van der Waals surface area contributed by atoms with E-state index in [1.165, 1.54) is 6.07 Å². The zero-order valence-electron chi connectivity index (χ0n) is 17.2. The number of carbonyl (C=O) groups excluding carboxylic acids is 1.